The van der Waals surface area contributed by atoms with Crippen molar-refractivity contribution < 1.29 is 14.3 Å². The molecule has 22 heavy (non-hydrogen) atoms. The first-order valence-corrected chi connectivity index (χ1v) is 7.53. The van der Waals surface area contributed by atoms with E-state index in [0.717, 1.165) is 0 Å². The van der Waals surface area contributed by atoms with Gasteiger partial charge in [-0.05, 0) is 18.6 Å². The van der Waals surface area contributed by atoms with Gasteiger partial charge in [0.15, 0.2) is 11.6 Å². The van der Waals surface area contributed by atoms with Crippen LogP contribution in [0.4, 0.5) is 0 Å². The molecule has 0 spiro atoms. The van der Waals surface area contributed by atoms with Crippen LogP contribution in [0.2, 0.25) is 0 Å². The molecule has 2 unspecified atom stereocenters. The highest BCUT2D eigenvalue weighted by Gasteiger charge is 2.29. The predicted octanol–water partition coefficient (Wildman–Crippen LogP) is 3.93. The van der Waals surface area contributed by atoms with Crippen LogP contribution < -0.4 is 4.74 Å². The number of ether oxygens (including phenoxy) is 1. The van der Waals surface area contributed by atoms with Gasteiger partial charge in [-0.2, -0.15) is 0 Å². The average Bonchev–Trinajstić information content (AvgIpc) is 2.66. The zero-order chi connectivity index (χ0) is 15.5. The van der Waals surface area contributed by atoms with Gasteiger partial charge in [-0.3, -0.25) is 9.59 Å². The maximum absolute atomic E-state index is 12.4. The molecule has 0 N–H and O–H groups in total. The maximum atomic E-state index is 12.4. The topological polar surface area (TPSA) is 43.4 Å². The summed E-state index contributed by atoms with van der Waals surface area (Å²) in [7, 11) is 0. The Morgan fingerprint density at radius 1 is 1.09 bits per heavy atom. The van der Waals surface area contributed by atoms with E-state index in [0.29, 0.717) is 23.3 Å². The van der Waals surface area contributed by atoms with Crippen molar-refractivity contribution in [1.29, 1.82) is 0 Å². The molecule has 0 fully saturated rings. The van der Waals surface area contributed by atoms with Crippen LogP contribution in [0, 0.1) is 5.92 Å². The molecule has 2 aromatic carbocycles. The Labute approximate surface area is 129 Å². The van der Waals surface area contributed by atoms with Crippen molar-refractivity contribution in [2.45, 2.75) is 25.9 Å². The summed E-state index contributed by atoms with van der Waals surface area (Å²) in [6.07, 6.45) is 0.581. The average molecular weight is 294 g/mol. The molecular weight excluding hydrogens is 276 g/mol. The molecule has 0 bridgehead atoms. The van der Waals surface area contributed by atoms with E-state index >= 15 is 0 Å². The van der Waals surface area contributed by atoms with Crippen molar-refractivity contribution in [2.75, 3.05) is 0 Å². The number of Topliss-reactive ketones (excluding diaryl/α,β-unsaturated/α-hetero) is 2. The fraction of sp³-hybridized carbons (Fsp3) is 0.263. The number of benzene rings is 2. The van der Waals surface area contributed by atoms with E-state index in [1.165, 1.54) is 0 Å². The van der Waals surface area contributed by atoms with Gasteiger partial charge < -0.3 is 4.74 Å². The Morgan fingerprint density at radius 2 is 1.77 bits per heavy atom. The lowest BCUT2D eigenvalue weighted by molar-refractivity contribution is 0.0847. The first-order valence-electron chi connectivity index (χ1n) is 7.53. The van der Waals surface area contributed by atoms with Gasteiger partial charge in [-0.1, -0.05) is 49.4 Å². The van der Waals surface area contributed by atoms with Crippen molar-refractivity contribution in [3.63, 3.8) is 0 Å². The fourth-order valence-corrected chi connectivity index (χ4v) is 2.84. The number of fused-ring (bicyclic) bond motifs is 1. The highest BCUT2D eigenvalue weighted by atomic mass is 16.5. The summed E-state index contributed by atoms with van der Waals surface area (Å²) in [6.45, 7) is 1.90. The molecule has 3 rings (SSSR count). The van der Waals surface area contributed by atoms with Gasteiger partial charge >= 0.3 is 0 Å². The zero-order valence-electron chi connectivity index (χ0n) is 12.5. The van der Waals surface area contributed by atoms with Gasteiger partial charge in [-0.15, -0.1) is 0 Å². The molecule has 0 aliphatic carbocycles. The Kier molecular flexibility index (Phi) is 4.05. The fourth-order valence-electron chi connectivity index (χ4n) is 2.84. The van der Waals surface area contributed by atoms with Crippen molar-refractivity contribution >= 4 is 11.6 Å². The molecule has 0 aromatic heterocycles. The summed E-state index contributed by atoms with van der Waals surface area (Å²) >= 11 is 0. The molecule has 3 heteroatoms. The predicted molar refractivity (Wildman–Crippen MR) is 84.4 cm³/mol. The van der Waals surface area contributed by atoms with Crippen LogP contribution in [-0.4, -0.2) is 17.7 Å². The van der Waals surface area contributed by atoms with E-state index in [9.17, 15) is 9.59 Å². The molecule has 1 heterocycles. The molecule has 0 amide bonds. The Balaban J connectivity index is 1.81. The summed E-state index contributed by atoms with van der Waals surface area (Å²) < 4.78 is 5.95. The van der Waals surface area contributed by atoms with Crippen molar-refractivity contribution in [3.8, 4) is 5.75 Å². The number of hydrogen-bond donors (Lipinski definition) is 0. The summed E-state index contributed by atoms with van der Waals surface area (Å²) in [5.74, 6) is 0.579. The monoisotopic (exact) mass is 294 g/mol. The maximum Gasteiger partial charge on any atom is 0.169 e. The van der Waals surface area contributed by atoms with Gasteiger partial charge in [0.25, 0.3) is 0 Å². The standard InChI is InChI=1S/C19H18O3/c1-13-11-15(12-17(20)14-7-3-2-4-8-14)22-18-10-6-5-9-16(18)19(13)21/h2-10,13,15H,11-12H2,1H3. The minimum absolute atomic E-state index is 0.0460. The third-order valence-corrected chi connectivity index (χ3v) is 4.02. The lowest BCUT2D eigenvalue weighted by Gasteiger charge is -2.17. The van der Waals surface area contributed by atoms with E-state index in [2.05, 4.69) is 0 Å². The molecule has 2 aromatic rings. The normalized spacial score (nSPS) is 20.7. The van der Waals surface area contributed by atoms with Crippen molar-refractivity contribution in [1.82, 2.24) is 0 Å². The molecule has 0 saturated carbocycles. The Bertz CT molecular complexity index is 691. The summed E-state index contributed by atoms with van der Waals surface area (Å²) in [5.41, 5.74) is 1.30. The second-order valence-electron chi connectivity index (χ2n) is 5.73. The smallest absolute Gasteiger partial charge is 0.169 e. The molecule has 112 valence electrons. The van der Waals surface area contributed by atoms with Crippen LogP contribution in [0.3, 0.4) is 0 Å². The highest BCUT2D eigenvalue weighted by molar-refractivity contribution is 6.01. The Morgan fingerprint density at radius 3 is 2.55 bits per heavy atom. The quantitative estimate of drug-likeness (QED) is 0.806. The summed E-state index contributed by atoms with van der Waals surface area (Å²) in [6, 6.07) is 16.5. The van der Waals surface area contributed by atoms with Crippen LogP contribution in [0.5, 0.6) is 5.75 Å². The van der Waals surface area contributed by atoms with Crippen LogP contribution in [0.1, 0.15) is 40.5 Å². The molecule has 1 aliphatic rings. The SMILES string of the molecule is CC1CC(CC(=O)c2ccccc2)Oc2ccccc2C1=O. The van der Waals surface area contributed by atoms with E-state index in [1.807, 2.05) is 49.4 Å². The van der Waals surface area contributed by atoms with Crippen LogP contribution in [0.25, 0.3) is 0 Å². The van der Waals surface area contributed by atoms with Gasteiger partial charge in [0.05, 0.1) is 5.56 Å². The zero-order valence-corrected chi connectivity index (χ0v) is 12.5. The second-order valence-corrected chi connectivity index (χ2v) is 5.73. The van der Waals surface area contributed by atoms with E-state index in [4.69, 9.17) is 4.74 Å². The number of hydrogen-bond acceptors (Lipinski definition) is 3. The van der Waals surface area contributed by atoms with Crippen molar-refractivity contribution in [3.05, 3.63) is 65.7 Å². The molecule has 2 atom stereocenters. The summed E-state index contributed by atoms with van der Waals surface area (Å²) in [4.78, 5) is 24.7. The van der Waals surface area contributed by atoms with E-state index in [-0.39, 0.29) is 30.0 Å². The number of rotatable bonds is 3. The van der Waals surface area contributed by atoms with Crippen LogP contribution >= 0.6 is 0 Å². The van der Waals surface area contributed by atoms with Gasteiger partial charge in [0.1, 0.15) is 11.9 Å². The van der Waals surface area contributed by atoms with E-state index in [1.54, 1.807) is 12.1 Å². The largest absolute Gasteiger partial charge is 0.489 e. The van der Waals surface area contributed by atoms with Gasteiger partial charge in [0.2, 0.25) is 0 Å². The first-order chi connectivity index (χ1) is 10.6. The lowest BCUT2D eigenvalue weighted by atomic mass is 9.93. The minimum atomic E-state index is -0.268. The van der Waals surface area contributed by atoms with Gasteiger partial charge in [0, 0.05) is 17.9 Å². The van der Waals surface area contributed by atoms with E-state index < -0.39 is 0 Å². The van der Waals surface area contributed by atoms with Crippen molar-refractivity contribution in [2.24, 2.45) is 5.92 Å². The molecule has 3 nitrogen and oxygen atoms in total. The third kappa shape index (κ3) is 2.93. The third-order valence-electron chi connectivity index (χ3n) is 4.02. The minimum Gasteiger partial charge on any atom is -0.489 e. The van der Waals surface area contributed by atoms with Crippen LogP contribution in [0.15, 0.2) is 54.6 Å². The number of carbonyl (C=O) groups excluding carboxylic acids is 2. The molecule has 1 aliphatic heterocycles. The lowest BCUT2D eigenvalue weighted by Crippen LogP contribution is -2.23. The number of para-hydroxylation sites is 1. The van der Waals surface area contributed by atoms with Crippen LogP contribution in [-0.2, 0) is 0 Å². The summed E-state index contributed by atoms with van der Waals surface area (Å²) in [5, 5.41) is 0. The molecule has 0 saturated heterocycles. The number of carbonyl (C=O) groups is 2. The Hall–Kier alpha value is -2.42. The highest BCUT2D eigenvalue weighted by Crippen LogP contribution is 2.30. The molecule has 0 radical (unpaired) electrons. The number of ketones is 2. The first kappa shape index (κ1) is 14.5. The second kappa shape index (κ2) is 6.14. The molecular formula is C19H18O3. The van der Waals surface area contributed by atoms with Gasteiger partial charge in [-0.25, -0.2) is 0 Å².